The number of nitrogens with one attached hydrogen (secondary N) is 1. The van der Waals surface area contributed by atoms with Crippen molar-refractivity contribution >= 4 is 149 Å². The van der Waals surface area contributed by atoms with Crippen LogP contribution in [0.4, 0.5) is 14.5 Å². The number of anilines is 1. The molecule has 0 unspecified atom stereocenters. The van der Waals surface area contributed by atoms with E-state index in [1.165, 1.54) is 42.1 Å². The number of halogens is 4. The maximum Gasteiger partial charge on any atom is 0.488 e. The Kier molecular flexibility index (Phi) is 22.5. The maximum atomic E-state index is 13.2. The maximum absolute atomic E-state index is 13.2. The summed E-state index contributed by atoms with van der Waals surface area (Å²) >= 11 is 11.4. The molecule has 6 aromatic carbocycles. The molecule has 0 amide bonds. The van der Waals surface area contributed by atoms with Crippen LogP contribution in [0.3, 0.4) is 0 Å². The van der Waals surface area contributed by atoms with Crippen molar-refractivity contribution in [2.75, 3.05) is 71.4 Å². The minimum absolute atomic E-state index is 0.253. The number of aryl methyl sites for hydroxylation is 3. The third kappa shape index (κ3) is 17.5. The van der Waals surface area contributed by atoms with E-state index in [2.05, 4.69) is 93.1 Å². The first-order chi connectivity index (χ1) is 46.9. The van der Waals surface area contributed by atoms with E-state index in [-0.39, 0.29) is 39.2 Å². The van der Waals surface area contributed by atoms with Gasteiger partial charge in [-0.3, -0.25) is 0 Å². The van der Waals surface area contributed by atoms with E-state index in [0.29, 0.717) is 32.0 Å². The van der Waals surface area contributed by atoms with Gasteiger partial charge in [-0.15, -0.1) is 34.0 Å². The van der Waals surface area contributed by atoms with Gasteiger partial charge in [0, 0.05) is 96.9 Å². The molecule has 4 saturated heterocycles. The van der Waals surface area contributed by atoms with Gasteiger partial charge in [0.1, 0.15) is 32.9 Å². The highest BCUT2D eigenvalue weighted by Crippen LogP contribution is 2.43. The van der Waals surface area contributed by atoms with Gasteiger partial charge in [0.25, 0.3) is 0 Å². The summed E-state index contributed by atoms with van der Waals surface area (Å²) in [5, 5.41) is 8.72. The number of hydrogen-bond donors (Lipinski definition) is 1. The van der Waals surface area contributed by atoms with E-state index >= 15 is 0 Å². The highest BCUT2D eigenvalue weighted by Gasteiger charge is 2.63. The van der Waals surface area contributed by atoms with Crippen LogP contribution in [0.25, 0.3) is 85.8 Å². The fraction of sp³-hybridized carbons (Fsp3) is 0.342. The molecule has 0 saturated carbocycles. The lowest BCUT2D eigenvalue weighted by atomic mass is 9.49. The van der Waals surface area contributed by atoms with Crippen molar-refractivity contribution in [3.05, 3.63) is 194 Å². The third-order valence-corrected chi connectivity index (χ3v) is 22.0. The lowest BCUT2D eigenvalue weighted by Crippen LogP contribution is -2.44. The van der Waals surface area contributed by atoms with Gasteiger partial charge >= 0.3 is 30.9 Å². The summed E-state index contributed by atoms with van der Waals surface area (Å²) < 4.78 is 70.3. The zero-order valence-corrected chi connectivity index (χ0v) is 63.1. The Morgan fingerprint density at radius 2 is 0.838 bits per heavy atom. The summed E-state index contributed by atoms with van der Waals surface area (Å²) in [5.41, 5.74) is 5.22. The number of thiazole rings is 3. The SMILES string of the molecule is CC1(C)OB(B2OC(C)(C)C(C)(C)O2)OC1(C)C.CN1CCNCC1.Cc1nc2ccc(-c3cc4ccc(F)cc4oc3=O)cc2s1.Cc1nc2ccc(-c3cc4ccc(N5CCN(C)CC5)cc4oc3=O)cc2s1.Cc1nc2ccc(Br)cc2s1.O=c1oc2cc(F)ccc2cc1Br. The van der Waals surface area contributed by atoms with Crippen LogP contribution in [0.5, 0.6) is 0 Å². The molecule has 26 heteroatoms. The monoisotopic (exact) mass is 1530 g/mol. The first-order valence-corrected chi connectivity index (χ1v) is 36.4. The molecule has 10 heterocycles. The third-order valence-electron chi connectivity index (χ3n) is 18.1. The van der Waals surface area contributed by atoms with E-state index in [9.17, 15) is 23.2 Å². The second-order valence-corrected chi connectivity index (χ2v) is 32.1. The molecule has 1 N–H and O–H groups in total. The van der Waals surface area contributed by atoms with Crippen LogP contribution in [0.2, 0.25) is 0 Å². The smallest absolute Gasteiger partial charge is 0.422 e. The first kappa shape index (κ1) is 73.3. The number of aromatic nitrogens is 3. The lowest BCUT2D eigenvalue weighted by molar-refractivity contribution is 0.00578. The van der Waals surface area contributed by atoms with Crippen molar-refractivity contribution in [2.45, 2.75) is 98.6 Å². The molecule has 16 rings (SSSR count). The second kappa shape index (κ2) is 30.3. The molecule has 4 aliphatic heterocycles. The topological polar surface area (TPSA) is 188 Å². The van der Waals surface area contributed by atoms with Crippen LogP contribution in [0.15, 0.2) is 164 Å². The number of hydrogen-bond acceptors (Lipinski definition) is 20. The molecule has 17 nitrogen and oxygen atoms in total. The van der Waals surface area contributed by atoms with E-state index in [1.54, 1.807) is 58.3 Å². The van der Waals surface area contributed by atoms with Gasteiger partial charge in [-0.1, -0.05) is 28.1 Å². The van der Waals surface area contributed by atoms with Crippen LogP contribution in [0.1, 0.15) is 70.4 Å². The molecule has 0 spiro atoms. The highest BCUT2D eigenvalue weighted by molar-refractivity contribution is 9.10. The molecule has 4 fully saturated rings. The number of likely N-dealkylation sites (N-methyl/N-ethyl adjacent to an activating group) is 2. The Bertz CT molecular complexity index is 5040. The van der Waals surface area contributed by atoms with Crippen LogP contribution in [0, 0.1) is 32.4 Å². The predicted octanol–water partition coefficient (Wildman–Crippen LogP) is 16.5. The van der Waals surface area contributed by atoms with Gasteiger partial charge in [0.15, 0.2) is 0 Å². The largest absolute Gasteiger partial charge is 0.488 e. The Hall–Kier alpha value is -6.91. The average molecular weight is 1530 g/mol. The lowest BCUT2D eigenvalue weighted by Gasteiger charge is -2.34. The first-order valence-electron chi connectivity index (χ1n) is 32.4. The van der Waals surface area contributed by atoms with Crippen LogP contribution < -0.4 is 27.1 Å². The molecule has 12 aromatic rings. The van der Waals surface area contributed by atoms with Crippen molar-refractivity contribution in [3.63, 3.8) is 0 Å². The Morgan fingerprint density at radius 3 is 1.27 bits per heavy atom. The predicted molar refractivity (Wildman–Crippen MR) is 406 cm³/mol. The number of piperazine rings is 2. The molecule has 0 aliphatic carbocycles. The minimum Gasteiger partial charge on any atom is -0.422 e. The quantitative estimate of drug-likeness (QED) is 0.129. The summed E-state index contributed by atoms with van der Waals surface area (Å²) in [7, 11) is 3.34. The molecule has 99 heavy (non-hydrogen) atoms. The Labute approximate surface area is 602 Å². The second-order valence-electron chi connectivity index (χ2n) is 26.6. The average Bonchev–Trinajstić information content (AvgIpc) is 1.58. The van der Waals surface area contributed by atoms with Crippen molar-refractivity contribution < 1.29 is 40.6 Å². The fourth-order valence-corrected chi connectivity index (χ4v) is 14.6. The van der Waals surface area contributed by atoms with Crippen molar-refractivity contribution in [2.24, 2.45) is 0 Å². The van der Waals surface area contributed by atoms with Gasteiger partial charge in [0.05, 0.1) is 79.2 Å². The van der Waals surface area contributed by atoms with E-state index < -0.39 is 36.9 Å². The fourth-order valence-electron chi connectivity index (χ4n) is 11.1. The van der Waals surface area contributed by atoms with Gasteiger partial charge < -0.3 is 51.9 Å². The van der Waals surface area contributed by atoms with Gasteiger partial charge in [-0.25, -0.2) is 38.1 Å². The highest BCUT2D eigenvalue weighted by atomic mass is 79.9. The van der Waals surface area contributed by atoms with Crippen molar-refractivity contribution in [1.29, 1.82) is 0 Å². The summed E-state index contributed by atoms with van der Waals surface area (Å²) in [4.78, 5) is 56.1. The zero-order chi connectivity index (χ0) is 70.9. The summed E-state index contributed by atoms with van der Waals surface area (Å²) in [6.07, 6.45) is 0. The molecule has 4 aliphatic rings. The molecular formula is C73H77B2Br2F2N7O10S3. The molecule has 0 radical (unpaired) electrons. The van der Waals surface area contributed by atoms with Gasteiger partial charge in [0.2, 0.25) is 0 Å². The molecule has 0 atom stereocenters. The van der Waals surface area contributed by atoms with E-state index in [4.69, 9.17) is 31.9 Å². The van der Waals surface area contributed by atoms with Crippen LogP contribution in [-0.4, -0.2) is 128 Å². The minimum atomic E-state index is -0.502. The van der Waals surface area contributed by atoms with Crippen LogP contribution >= 0.6 is 65.9 Å². The molecule has 0 bridgehead atoms. The summed E-state index contributed by atoms with van der Waals surface area (Å²) in [6, 6.07) is 37.4. The number of rotatable bonds is 4. The molecule has 516 valence electrons. The van der Waals surface area contributed by atoms with Gasteiger partial charge in [-0.2, -0.15) is 0 Å². The summed E-state index contributed by atoms with van der Waals surface area (Å²) in [6.45, 7) is 31.0. The van der Waals surface area contributed by atoms with E-state index in [0.717, 1.165) is 107 Å². The normalized spacial score (nSPS) is 17.1. The number of fused-ring (bicyclic) bond motifs is 6. The molecular weight excluding hydrogens is 1450 g/mol. The summed E-state index contributed by atoms with van der Waals surface area (Å²) in [5.74, 6) is -0.845. The number of benzene rings is 6. The van der Waals surface area contributed by atoms with Crippen molar-refractivity contribution in [1.82, 2.24) is 30.1 Å². The molecule has 6 aromatic heterocycles. The van der Waals surface area contributed by atoms with Crippen molar-refractivity contribution in [3.8, 4) is 22.3 Å². The standard InChI is InChI=1S/C22H21N3O2S.C17H10FNO2S.C12H24B2O4.C9H4BrFO2.C8H6BrNS.C5H12N2/c1-14-23-19-6-4-15(12-21(19)28-14)18-11-16-3-5-17(13-20(16)27-22(18)26)25-9-7-24(2)8-10-25;1-9-19-14-5-3-10(7-16(14)22-9)13-6-11-2-4-12(18)8-15(11)21-17(13)20;1-9(2)10(3,4)16-13(15-9)14-17-11(5,6)12(7,8)18-14;10-7-3-5-1-2-6(11)4-8(5)13-9(7)12;1-5-10-7-3-2-6(9)4-8(7)11-5;1-7-4-2-6-3-5-7/h3-6,11-13H,7-10H2,1-2H3;2-8H,1H3;1-8H3;1-4H;2-4H,1H3;6H,2-5H2,1H3. The Morgan fingerprint density at radius 1 is 0.455 bits per heavy atom. The zero-order valence-electron chi connectivity index (χ0n) is 57.4. The van der Waals surface area contributed by atoms with Gasteiger partial charge in [-0.05, 0) is 214 Å². The van der Waals surface area contributed by atoms with E-state index in [1.807, 2.05) is 143 Å². The Balaban J connectivity index is 0.000000126. The van der Waals surface area contributed by atoms with Crippen LogP contribution in [-0.2, 0) is 18.6 Å². The number of nitrogens with zero attached hydrogens (tertiary/aromatic N) is 6.